The van der Waals surface area contributed by atoms with Crippen LogP contribution in [0.5, 0.6) is 0 Å². The second kappa shape index (κ2) is 4.38. The maximum atomic E-state index is 14.2. The first-order valence-corrected chi connectivity index (χ1v) is 7.05. The van der Waals surface area contributed by atoms with E-state index in [1.54, 1.807) is 4.68 Å². The van der Waals surface area contributed by atoms with Gasteiger partial charge in [-0.15, -0.1) is 0 Å². The van der Waals surface area contributed by atoms with Crippen molar-refractivity contribution in [3.63, 3.8) is 0 Å². The molecule has 0 atom stereocenters. The summed E-state index contributed by atoms with van der Waals surface area (Å²) in [6, 6.07) is 8.51. The average Bonchev–Trinajstić information content (AvgIpc) is 3.17. The molecule has 1 heterocycles. The fourth-order valence-corrected chi connectivity index (χ4v) is 2.92. The van der Waals surface area contributed by atoms with Gasteiger partial charge in [-0.3, -0.25) is 4.68 Å². The van der Waals surface area contributed by atoms with E-state index < -0.39 is 11.6 Å². The summed E-state index contributed by atoms with van der Waals surface area (Å²) < 4.78 is 30.2. The van der Waals surface area contributed by atoms with Crippen molar-refractivity contribution in [2.75, 3.05) is 0 Å². The number of rotatable bonds is 2. The van der Waals surface area contributed by atoms with Crippen LogP contribution in [0.15, 0.2) is 36.5 Å². The number of aromatic nitrogens is 2. The molecule has 0 unspecified atom stereocenters. The molecule has 4 heteroatoms. The van der Waals surface area contributed by atoms with Gasteiger partial charge in [0, 0.05) is 24.2 Å². The first kappa shape index (κ1) is 12.5. The Morgan fingerprint density at radius 3 is 2.52 bits per heavy atom. The summed E-state index contributed by atoms with van der Waals surface area (Å²) >= 11 is 0. The lowest BCUT2D eigenvalue weighted by Crippen LogP contribution is -1.95. The van der Waals surface area contributed by atoms with Crippen molar-refractivity contribution in [1.29, 1.82) is 0 Å². The smallest absolute Gasteiger partial charge is 0.130 e. The Balaban J connectivity index is 1.92. The molecule has 3 aromatic rings. The fraction of sp³-hybridized carbons (Fsp3) is 0.235. The molecule has 0 bridgehead atoms. The van der Waals surface area contributed by atoms with Crippen LogP contribution in [-0.4, -0.2) is 9.78 Å². The van der Waals surface area contributed by atoms with Gasteiger partial charge in [-0.05, 0) is 48.1 Å². The molecule has 21 heavy (non-hydrogen) atoms. The Kier molecular flexibility index (Phi) is 2.61. The van der Waals surface area contributed by atoms with Crippen LogP contribution in [0.25, 0.3) is 22.0 Å². The van der Waals surface area contributed by atoms with Gasteiger partial charge in [0.2, 0.25) is 0 Å². The Bertz CT molecular complexity index is 824. The van der Waals surface area contributed by atoms with Crippen molar-refractivity contribution >= 4 is 10.9 Å². The molecule has 0 spiro atoms. The number of benzene rings is 2. The molecule has 0 amide bonds. The average molecular weight is 284 g/mol. The monoisotopic (exact) mass is 284 g/mol. The van der Waals surface area contributed by atoms with Crippen molar-refractivity contribution < 1.29 is 8.78 Å². The summed E-state index contributed by atoms with van der Waals surface area (Å²) in [5, 5.41) is 5.23. The van der Waals surface area contributed by atoms with Crippen LogP contribution in [0.3, 0.4) is 0 Å². The number of nitrogens with zero attached hydrogens (tertiary/aromatic N) is 2. The Morgan fingerprint density at radius 2 is 1.86 bits per heavy atom. The predicted molar refractivity (Wildman–Crippen MR) is 78.0 cm³/mol. The van der Waals surface area contributed by atoms with E-state index in [4.69, 9.17) is 0 Å². The molecule has 1 aliphatic rings. The molecule has 1 saturated carbocycles. The van der Waals surface area contributed by atoms with Crippen LogP contribution in [0.1, 0.15) is 24.3 Å². The van der Waals surface area contributed by atoms with Gasteiger partial charge >= 0.3 is 0 Å². The third kappa shape index (κ3) is 2.02. The lowest BCUT2D eigenvalue weighted by molar-refractivity contribution is 0.558. The molecular formula is C17H14F2N2. The predicted octanol–water partition coefficient (Wildman–Crippen LogP) is 4.40. The van der Waals surface area contributed by atoms with Crippen molar-refractivity contribution in [2.45, 2.75) is 18.8 Å². The maximum Gasteiger partial charge on any atom is 0.130 e. The van der Waals surface area contributed by atoms with Gasteiger partial charge in [0.15, 0.2) is 0 Å². The van der Waals surface area contributed by atoms with Crippen LogP contribution < -0.4 is 0 Å². The minimum Gasteiger partial charge on any atom is -0.275 e. The van der Waals surface area contributed by atoms with E-state index in [-0.39, 0.29) is 11.5 Å². The van der Waals surface area contributed by atoms with Crippen LogP contribution in [-0.2, 0) is 7.05 Å². The molecule has 0 saturated heterocycles. The van der Waals surface area contributed by atoms with E-state index in [0.29, 0.717) is 5.56 Å². The normalized spacial score (nSPS) is 14.8. The molecule has 106 valence electrons. The number of hydrogen-bond donors (Lipinski definition) is 0. The largest absolute Gasteiger partial charge is 0.275 e. The summed E-state index contributed by atoms with van der Waals surface area (Å²) in [7, 11) is 1.83. The van der Waals surface area contributed by atoms with Crippen molar-refractivity contribution in [2.24, 2.45) is 7.05 Å². The van der Waals surface area contributed by atoms with Gasteiger partial charge in [0.25, 0.3) is 0 Å². The van der Waals surface area contributed by atoms with E-state index in [0.717, 1.165) is 29.3 Å². The molecule has 0 radical (unpaired) electrons. The summed E-state index contributed by atoms with van der Waals surface area (Å²) in [5.41, 5.74) is 2.44. The highest BCUT2D eigenvalue weighted by Gasteiger charge is 2.30. The molecule has 2 nitrogen and oxygen atoms in total. The fourth-order valence-electron chi connectivity index (χ4n) is 2.92. The summed E-state index contributed by atoms with van der Waals surface area (Å²) in [4.78, 5) is 0. The second-order valence-electron chi connectivity index (χ2n) is 5.67. The van der Waals surface area contributed by atoms with E-state index in [1.165, 1.54) is 12.1 Å². The lowest BCUT2D eigenvalue weighted by atomic mass is 9.98. The standard InChI is InChI=1S/C17H14F2N2/c1-21-9-13-12(3-2-4-16(13)20-21)11-7-14(18)17(10-5-6-10)15(19)8-11/h2-4,7-10H,5-6H2,1H3. The summed E-state index contributed by atoms with van der Waals surface area (Å²) in [6.07, 6.45) is 3.63. The SMILES string of the molecule is Cn1cc2c(-c3cc(F)c(C4CC4)c(F)c3)cccc2n1. The number of aryl methyl sites for hydroxylation is 1. The van der Waals surface area contributed by atoms with Gasteiger partial charge in [0.05, 0.1) is 5.52 Å². The first-order chi connectivity index (χ1) is 10.1. The van der Waals surface area contributed by atoms with E-state index in [1.807, 2.05) is 31.4 Å². The van der Waals surface area contributed by atoms with E-state index in [9.17, 15) is 8.78 Å². The van der Waals surface area contributed by atoms with Crippen LogP contribution >= 0.6 is 0 Å². The third-order valence-corrected chi connectivity index (χ3v) is 4.04. The molecule has 2 aromatic carbocycles. The van der Waals surface area contributed by atoms with E-state index >= 15 is 0 Å². The molecular weight excluding hydrogens is 270 g/mol. The highest BCUT2D eigenvalue weighted by atomic mass is 19.1. The van der Waals surface area contributed by atoms with Crippen molar-refractivity contribution in [3.8, 4) is 11.1 Å². The summed E-state index contributed by atoms with van der Waals surface area (Å²) in [6.45, 7) is 0. The van der Waals surface area contributed by atoms with Crippen molar-refractivity contribution in [3.05, 3.63) is 53.7 Å². The molecule has 1 aliphatic carbocycles. The third-order valence-electron chi connectivity index (χ3n) is 4.04. The van der Waals surface area contributed by atoms with Crippen molar-refractivity contribution in [1.82, 2.24) is 9.78 Å². The highest BCUT2D eigenvalue weighted by Crippen LogP contribution is 2.43. The molecule has 1 aromatic heterocycles. The van der Waals surface area contributed by atoms with Crippen LogP contribution in [0.4, 0.5) is 8.78 Å². The Hall–Kier alpha value is -2.23. The molecule has 0 N–H and O–H groups in total. The minimum atomic E-state index is -0.437. The van der Waals surface area contributed by atoms with Gasteiger partial charge in [-0.2, -0.15) is 5.10 Å². The highest BCUT2D eigenvalue weighted by molar-refractivity contribution is 5.94. The number of hydrogen-bond acceptors (Lipinski definition) is 1. The lowest BCUT2D eigenvalue weighted by Gasteiger charge is -2.08. The Morgan fingerprint density at radius 1 is 1.14 bits per heavy atom. The van der Waals surface area contributed by atoms with Gasteiger partial charge in [-0.1, -0.05) is 12.1 Å². The van der Waals surface area contributed by atoms with Gasteiger partial charge in [-0.25, -0.2) is 8.78 Å². The molecule has 4 rings (SSSR count). The maximum absolute atomic E-state index is 14.2. The second-order valence-corrected chi connectivity index (χ2v) is 5.67. The van der Waals surface area contributed by atoms with Crippen LogP contribution in [0, 0.1) is 11.6 Å². The topological polar surface area (TPSA) is 17.8 Å². The minimum absolute atomic E-state index is 0.0632. The quantitative estimate of drug-likeness (QED) is 0.682. The van der Waals surface area contributed by atoms with Gasteiger partial charge < -0.3 is 0 Å². The Labute approximate surface area is 121 Å². The molecule has 0 aliphatic heterocycles. The molecule has 1 fully saturated rings. The zero-order valence-electron chi connectivity index (χ0n) is 11.6. The van der Waals surface area contributed by atoms with Gasteiger partial charge in [0.1, 0.15) is 11.6 Å². The van der Waals surface area contributed by atoms with E-state index in [2.05, 4.69) is 5.10 Å². The number of fused-ring (bicyclic) bond motifs is 1. The zero-order chi connectivity index (χ0) is 14.6. The first-order valence-electron chi connectivity index (χ1n) is 7.05. The summed E-state index contributed by atoms with van der Waals surface area (Å²) in [5.74, 6) is -0.810. The zero-order valence-corrected chi connectivity index (χ0v) is 11.6. The number of halogens is 2. The van der Waals surface area contributed by atoms with Crippen LogP contribution in [0.2, 0.25) is 0 Å².